The summed E-state index contributed by atoms with van der Waals surface area (Å²) < 4.78 is 1.88. The minimum absolute atomic E-state index is 0.0848. The Morgan fingerprint density at radius 2 is 1.84 bits per heavy atom. The first-order valence-electron chi connectivity index (χ1n) is 8.78. The van der Waals surface area contributed by atoms with Crippen LogP contribution in [0.3, 0.4) is 0 Å². The third-order valence-corrected chi connectivity index (χ3v) is 4.84. The Morgan fingerprint density at radius 1 is 1.20 bits per heavy atom. The molecule has 2 rings (SSSR count). The molecule has 5 nitrogen and oxygen atoms in total. The summed E-state index contributed by atoms with van der Waals surface area (Å²) in [5, 5.41) is 7.50. The van der Waals surface area contributed by atoms with E-state index < -0.39 is 0 Å². The Balaban J connectivity index is 1.92. The van der Waals surface area contributed by atoms with Crippen LogP contribution in [-0.4, -0.2) is 41.2 Å². The van der Waals surface area contributed by atoms with E-state index in [1.54, 1.807) is 0 Å². The lowest BCUT2D eigenvalue weighted by molar-refractivity contribution is -0.121. The van der Waals surface area contributed by atoms with Crippen molar-refractivity contribution < 1.29 is 4.79 Å². The molecule has 1 amide bonds. The molecule has 2 aromatic rings. The highest BCUT2D eigenvalue weighted by molar-refractivity contribution is 5.76. The molecule has 1 aromatic heterocycles. The molecule has 1 heterocycles. The first kappa shape index (κ1) is 19.2. The second-order valence-electron chi connectivity index (χ2n) is 6.97. The van der Waals surface area contributed by atoms with Crippen LogP contribution < -0.4 is 5.32 Å². The van der Waals surface area contributed by atoms with Gasteiger partial charge in [-0.25, -0.2) is 0 Å². The number of amides is 1. The number of aromatic nitrogens is 2. The van der Waals surface area contributed by atoms with E-state index in [4.69, 9.17) is 0 Å². The van der Waals surface area contributed by atoms with Crippen molar-refractivity contribution in [3.63, 3.8) is 0 Å². The molecule has 1 atom stereocenters. The van der Waals surface area contributed by atoms with E-state index in [-0.39, 0.29) is 11.9 Å². The fraction of sp³-hybridized carbons (Fsp3) is 0.500. The summed E-state index contributed by atoms with van der Waals surface area (Å²) in [6.07, 6.45) is 1.22. The second-order valence-corrected chi connectivity index (χ2v) is 6.97. The van der Waals surface area contributed by atoms with Gasteiger partial charge in [-0.1, -0.05) is 29.8 Å². The van der Waals surface area contributed by atoms with Gasteiger partial charge in [0, 0.05) is 25.7 Å². The second kappa shape index (κ2) is 8.30. The fourth-order valence-corrected chi connectivity index (χ4v) is 3.10. The molecule has 25 heavy (non-hydrogen) atoms. The van der Waals surface area contributed by atoms with Crippen molar-refractivity contribution in [1.82, 2.24) is 20.0 Å². The smallest absolute Gasteiger partial charge is 0.220 e. The van der Waals surface area contributed by atoms with Gasteiger partial charge in [-0.05, 0) is 52.4 Å². The van der Waals surface area contributed by atoms with Gasteiger partial charge in [-0.15, -0.1) is 0 Å². The van der Waals surface area contributed by atoms with Crippen LogP contribution in [0.5, 0.6) is 0 Å². The third-order valence-electron chi connectivity index (χ3n) is 4.84. The predicted octanol–water partition coefficient (Wildman–Crippen LogP) is 2.70. The van der Waals surface area contributed by atoms with Crippen LogP contribution in [0.15, 0.2) is 24.3 Å². The number of hydrogen-bond donors (Lipinski definition) is 1. The Morgan fingerprint density at radius 3 is 2.36 bits per heavy atom. The Hall–Kier alpha value is -2.14. The zero-order valence-corrected chi connectivity index (χ0v) is 16.3. The maximum Gasteiger partial charge on any atom is 0.220 e. The summed E-state index contributed by atoms with van der Waals surface area (Å²) in [6.45, 7) is 6.74. The molecule has 0 aliphatic carbocycles. The van der Waals surface area contributed by atoms with E-state index in [1.165, 1.54) is 16.7 Å². The lowest BCUT2D eigenvalue weighted by atomic mass is 10.0. The molecule has 136 valence electrons. The summed E-state index contributed by atoms with van der Waals surface area (Å²) in [5.41, 5.74) is 5.79. The van der Waals surface area contributed by atoms with Crippen LogP contribution in [0, 0.1) is 20.8 Å². The van der Waals surface area contributed by atoms with Gasteiger partial charge in [0.25, 0.3) is 0 Å². The van der Waals surface area contributed by atoms with Gasteiger partial charge in [-0.2, -0.15) is 5.10 Å². The summed E-state index contributed by atoms with van der Waals surface area (Å²) in [7, 11) is 6.02. The summed E-state index contributed by atoms with van der Waals surface area (Å²) in [5.74, 6) is 0.0848. The molecule has 0 radical (unpaired) electrons. The summed E-state index contributed by atoms with van der Waals surface area (Å²) in [6, 6.07) is 8.66. The Labute approximate surface area is 151 Å². The predicted molar refractivity (Wildman–Crippen MR) is 102 cm³/mol. The number of nitrogens with one attached hydrogen (secondary N) is 1. The van der Waals surface area contributed by atoms with E-state index in [0.717, 1.165) is 17.8 Å². The molecule has 0 aliphatic rings. The van der Waals surface area contributed by atoms with Gasteiger partial charge in [0.1, 0.15) is 0 Å². The van der Waals surface area contributed by atoms with Gasteiger partial charge < -0.3 is 10.2 Å². The maximum absolute atomic E-state index is 12.3. The Kier molecular flexibility index (Phi) is 6.37. The Bertz CT molecular complexity index is 716. The van der Waals surface area contributed by atoms with Gasteiger partial charge in [-0.3, -0.25) is 9.48 Å². The number of hydrogen-bond acceptors (Lipinski definition) is 3. The van der Waals surface area contributed by atoms with Crippen molar-refractivity contribution >= 4 is 5.91 Å². The molecule has 0 aliphatic heterocycles. The highest BCUT2D eigenvalue weighted by Crippen LogP contribution is 2.18. The van der Waals surface area contributed by atoms with Crippen molar-refractivity contribution in [3.8, 4) is 0 Å². The lowest BCUT2D eigenvalue weighted by Crippen LogP contribution is -2.34. The first-order valence-corrected chi connectivity index (χ1v) is 8.78. The van der Waals surface area contributed by atoms with E-state index in [0.29, 0.717) is 13.0 Å². The SMILES string of the molecule is Cc1ccc(C(CNC(=O)CCc2c(C)nn(C)c2C)N(C)C)cc1. The van der Waals surface area contributed by atoms with Crippen molar-refractivity contribution in [3.05, 3.63) is 52.3 Å². The number of nitrogens with zero attached hydrogens (tertiary/aromatic N) is 3. The average molecular weight is 342 g/mol. The normalized spacial score (nSPS) is 12.4. The number of carbonyl (C=O) groups is 1. The van der Waals surface area contributed by atoms with Crippen molar-refractivity contribution in [2.75, 3.05) is 20.6 Å². The van der Waals surface area contributed by atoms with Gasteiger partial charge in [0.05, 0.1) is 11.7 Å². The standard InChI is InChI=1S/C20H30N4O/c1-14-7-9-17(10-8-14)19(23(4)5)13-21-20(25)12-11-18-15(2)22-24(6)16(18)3/h7-10,19H,11-13H2,1-6H3,(H,21,25). The van der Waals surface area contributed by atoms with E-state index in [9.17, 15) is 4.79 Å². The van der Waals surface area contributed by atoms with Crippen LogP contribution in [0.4, 0.5) is 0 Å². The summed E-state index contributed by atoms with van der Waals surface area (Å²) >= 11 is 0. The zero-order chi connectivity index (χ0) is 18.6. The number of aryl methyl sites for hydroxylation is 3. The van der Waals surface area contributed by atoms with Crippen LogP contribution in [0.2, 0.25) is 0 Å². The molecule has 0 saturated heterocycles. The molecule has 0 fully saturated rings. The first-order chi connectivity index (χ1) is 11.8. The van der Waals surface area contributed by atoms with Crippen LogP contribution in [0.1, 0.15) is 40.5 Å². The van der Waals surface area contributed by atoms with Crippen molar-refractivity contribution in [1.29, 1.82) is 0 Å². The molecule has 1 unspecified atom stereocenters. The molecule has 0 bridgehead atoms. The monoisotopic (exact) mass is 342 g/mol. The largest absolute Gasteiger partial charge is 0.354 e. The molecule has 1 N–H and O–H groups in total. The fourth-order valence-electron chi connectivity index (χ4n) is 3.10. The zero-order valence-electron chi connectivity index (χ0n) is 16.3. The van der Waals surface area contributed by atoms with E-state index >= 15 is 0 Å². The third kappa shape index (κ3) is 4.92. The highest BCUT2D eigenvalue weighted by atomic mass is 16.1. The topological polar surface area (TPSA) is 50.2 Å². The molecule has 0 saturated carbocycles. The molecular weight excluding hydrogens is 312 g/mol. The number of carbonyl (C=O) groups excluding carboxylic acids is 1. The number of likely N-dealkylation sites (N-methyl/N-ethyl adjacent to an activating group) is 1. The molecule has 1 aromatic carbocycles. The average Bonchev–Trinajstić information content (AvgIpc) is 2.79. The summed E-state index contributed by atoms with van der Waals surface area (Å²) in [4.78, 5) is 14.4. The van der Waals surface area contributed by atoms with E-state index in [2.05, 4.69) is 46.5 Å². The van der Waals surface area contributed by atoms with Crippen molar-refractivity contribution in [2.24, 2.45) is 7.05 Å². The van der Waals surface area contributed by atoms with E-state index in [1.807, 2.05) is 39.7 Å². The quantitative estimate of drug-likeness (QED) is 0.842. The maximum atomic E-state index is 12.3. The molecule has 5 heteroatoms. The molecular formula is C20H30N4O. The number of benzene rings is 1. The van der Waals surface area contributed by atoms with Gasteiger partial charge in [0.2, 0.25) is 5.91 Å². The van der Waals surface area contributed by atoms with Crippen LogP contribution in [0.25, 0.3) is 0 Å². The number of rotatable bonds is 7. The molecule has 0 spiro atoms. The minimum Gasteiger partial charge on any atom is -0.354 e. The highest BCUT2D eigenvalue weighted by Gasteiger charge is 2.16. The van der Waals surface area contributed by atoms with Gasteiger partial charge >= 0.3 is 0 Å². The van der Waals surface area contributed by atoms with Crippen LogP contribution in [-0.2, 0) is 18.3 Å². The van der Waals surface area contributed by atoms with Crippen molar-refractivity contribution in [2.45, 2.75) is 39.7 Å². The van der Waals surface area contributed by atoms with Crippen LogP contribution >= 0.6 is 0 Å². The lowest BCUT2D eigenvalue weighted by Gasteiger charge is -2.25. The van der Waals surface area contributed by atoms with Gasteiger partial charge in [0.15, 0.2) is 0 Å². The minimum atomic E-state index is 0.0848.